The van der Waals surface area contributed by atoms with Gasteiger partial charge in [-0.05, 0) is 42.7 Å². The predicted octanol–water partition coefficient (Wildman–Crippen LogP) is 4.00. The monoisotopic (exact) mass is 343 g/mol. The maximum Gasteiger partial charge on any atom is 0.326 e. The largest absolute Gasteiger partial charge is 0.461 e. The van der Waals surface area contributed by atoms with Gasteiger partial charge in [0.25, 0.3) is 0 Å². The zero-order valence-corrected chi connectivity index (χ0v) is 15.7. The molecule has 0 aromatic carbocycles. The van der Waals surface area contributed by atoms with Crippen LogP contribution < -0.4 is 0 Å². The van der Waals surface area contributed by atoms with Crippen molar-refractivity contribution in [1.29, 1.82) is 0 Å². The van der Waals surface area contributed by atoms with E-state index < -0.39 is 0 Å². The second-order valence-corrected chi connectivity index (χ2v) is 7.67. The molecule has 1 aliphatic carbocycles. The van der Waals surface area contributed by atoms with Crippen molar-refractivity contribution in [2.24, 2.45) is 17.8 Å². The summed E-state index contributed by atoms with van der Waals surface area (Å²) in [6.45, 7) is 8.96. The fraction of sp³-hybridized carbons (Fsp3) is 0.650. The Kier molecular flexibility index (Phi) is 5.40. The molecule has 0 aliphatic heterocycles. The van der Waals surface area contributed by atoms with Crippen LogP contribution in [0.15, 0.2) is 18.3 Å². The standard InChI is InChI=1S/C20H29N3O2/c1-5-18-22-20-16(7-6-10-21-20)23(18)12-19(24)25-17-11-14(4)8-9-15(17)13(2)3/h6-7,10,13-15,17H,5,8-9,11-12H2,1-4H3/t14-,15+,17?/m1/s1. The van der Waals surface area contributed by atoms with Gasteiger partial charge >= 0.3 is 5.97 Å². The number of carbonyl (C=O) groups excluding carboxylic acids is 1. The minimum Gasteiger partial charge on any atom is -0.461 e. The fourth-order valence-corrected chi connectivity index (χ4v) is 4.04. The summed E-state index contributed by atoms with van der Waals surface area (Å²) in [4.78, 5) is 21.5. The molecule has 1 saturated carbocycles. The van der Waals surface area contributed by atoms with Gasteiger partial charge in [-0.1, -0.05) is 34.1 Å². The van der Waals surface area contributed by atoms with Gasteiger partial charge in [0.2, 0.25) is 0 Å². The Morgan fingerprint density at radius 3 is 2.92 bits per heavy atom. The summed E-state index contributed by atoms with van der Waals surface area (Å²) >= 11 is 0. The number of ether oxygens (including phenoxy) is 1. The molecule has 0 amide bonds. The third kappa shape index (κ3) is 3.86. The molecule has 0 spiro atoms. The number of imidazole rings is 1. The average Bonchev–Trinajstić information content (AvgIpc) is 2.92. The predicted molar refractivity (Wildman–Crippen MR) is 98.1 cm³/mol. The van der Waals surface area contributed by atoms with Gasteiger partial charge in [-0.15, -0.1) is 0 Å². The van der Waals surface area contributed by atoms with Crippen molar-refractivity contribution < 1.29 is 9.53 Å². The molecule has 2 aromatic heterocycles. The molecule has 0 radical (unpaired) electrons. The first kappa shape index (κ1) is 17.9. The van der Waals surface area contributed by atoms with Crippen molar-refractivity contribution in [3.63, 3.8) is 0 Å². The molecule has 1 aliphatic rings. The molecule has 3 rings (SSSR count). The number of hydrogen-bond donors (Lipinski definition) is 0. The summed E-state index contributed by atoms with van der Waals surface area (Å²) in [5.41, 5.74) is 1.59. The van der Waals surface area contributed by atoms with Crippen LogP contribution in [0.4, 0.5) is 0 Å². The second kappa shape index (κ2) is 7.54. The van der Waals surface area contributed by atoms with Crippen LogP contribution in [-0.2, 0) is 22.5 Å². The third-order valence-corrected chi connectivity index (χ3v) is 5.45. The molecule has 3 atom stereocenters. The van der Waals surface area contributed by atoms with Gasteiger partial charge < -0.3 is 9.30 Å². The second-order valence-electron chi connectivity index (χ2n) is 7.67. The van der Waals surface area contributed by atoms with Crippen molar-refractivity contribution in [3.8, 4) is 0 Å². The van der Waals surface area contributed by atoms with Gasteiger partial charge in [0, 0.05) is 12.6 Å². The Bertz CT molecular complexity index is 738. The molecule has 1 fully saturated rings. The molecule has 5 heteroatoms. The Morgan fingerprint density at radius 1 is 1.40 bits per heavy atom. The summed E-state index contributed by atoms with van der Waals surface area (Å²) in [5.74, 6) is 2.34. The maximum atomic E-state index is 12.7. The van der Waals surface area contributed by atoms with Crippen LogP contribution in [0.5, 0.6) is 0 Å². The lowest BCUT2D eigenvalue weighted by Crippen LogP contribution is -2.36. The zero-order chi connectivity index (χ0) is 18.0. The van der Waals surface area contributed by atoms with Crippen LogP contribution in [0, 0.1) is 17.8 Å². The highest BCUT2D eigenvalue weighted by Crippen LogP contribution is 2.35. The number of hydrogen-bond acceptors (Lipinski definition) is 4. The molecule has 25 heavy (non-hydrogen) atoms. The van der Waals surface area contributed by atoms with Crippen LogP contribution in [0.25, 0.3) is 11.2 Å². The number of carbonyl (C=O) groups is 1. The number of aryl methyl sites for hydroxylation is 1. The van der Waals surface area contributed by atoms with E-state index in [-0.39, 0.29) is 18.6 Å². The van der Waals surface area contributed by atoms with Crippen molar-refractivity contribution in [3.05, 3.63) is 24.2 Å². The normalized spacial score (nSPS) is 24.0. The zero-order valence-electron chi connectivity index (χ0n) is 15.7. The minimum atomic E-state index is -0.164. The Morgan fingerprint density at radius 2 is 2.20 bits per heavy atom. The number of nitrogens with zero attached hydrogens (tertiary/aromatic N) is 3. The molecule has 2 aromatic rings. The maximum absolute atomic E-state index is 12.7. The topological polar surface area (TPSA) is 57.0 Å². The van der Waals surface area contributed by atoms with Crippen LogP contribution in [0.2, 0.25) is 0 Å². The molecule has 0 saturated heterocycles. The molecule has 136 valence electrons. The van der Waals surface area contributed by atoms with E-state index in [0.717, 1.165) is 30.6 Å². The molecule has 0 N–H and O–H groups in total. The van der Waals surface area contributed by atoms with E-state index in [9.17, 15) is 4.79 Å². The number of esters is 1. The van der Waals surface area contributed by atoms with Crippen molar-refractivity contribution >= 4 is 17.1 Å². The Labute approximate surface area is 149 Å². The van der Waals surface area contributed by atoms with Gasteiger partial charge in [-0.25, -0.2) is 9.97 Å². The summed E-state index contributed by atoms with van der Waals surface area (Å²) in [7, 11) is 0. The summed E-state index contributed by atoms with van der Waals surface area (Å²) in [6, 6.07) is 3.84. The fourth-order valence-electron chi connectivity index (χ4n) is 4.04. The molecular formula is C20H29N3O2. The highest BCUT2D eigenvalue weighted by Gasteiger charge is 2.33. The van der Waals surface area contributed by atoms with Crippen molar-refractivity contribution in [2.45, 2.75) is 66.0 Å². The van der Waals surface area contributed by atoms with Crippen molar-refractivity contribution in [2.75, 3.05) is 0 Å². The highest BCUT2D eigenvalue weighted by atomic mass is 16.5. The lowest BCUT2D eigenvalue weighted by Gasteiger charge is -2.36. The van der Waals surface area contributed by atoms with E-state index in [2.05, 4.69) is 30.7 Å². The van der Waals surface area contributed by atoms with E-state index in [0.29, 0.717) is 23.4 Å². The van der Waals surface area contributed by atoms with Crippen LogP contribution in [0.1, 0.15) is 52.8 Å². The van der Waals surface area contributed by atoms with Gasteiger partial charge in [-0.2, -0.15) is 0 Å². The summed E-state index contributed by atoms with van der Waals surface area (Å²) in [5, 5.41) is 0. The van der Waals surface area contributed by atoms with Crippen molar-refractivity contribution in [1.82, 2.24) is 14.5 Å². The number of fused-ring (bicyclic) bond motifs is 1. The first-order chi connectivity index (χ1) is 12.0. The minimum absolute atomic E-state index is 0.0363. The van der Waals surface area contributed by atoms with Crippen LogP contribution >= 0.6 is 0 Å². The van der Waals surface area contributed by atoms with Gasteiger partial charge in [0.05, 0.1) is 5.52 Å². The lowest BCUT2D eigenvalue weighted by molar-refractivity contribution is -0.156. The Balaban J connectivity index is 1.76. The number of aromatic nitrogens is 3. The van der Waals surface area contributed by atoms with E-state index in [1.807, 2.05) is 23.6 Å². The highest BCUT2D eigenvalue weighted by molar-refractivity contribution is 5.76. The Hall–Kier alpha value is -1.91. The van der Waals surface area contributed by atoms with Crippen LogP contribution in [0.3, 0.4) is 0 Å². The first-order valence-corrected chi connectivity index (χ1v) is 9.49. The van der Waals surface area contributed by atoms with Gasteiger partial charge in [0.15, 0.2) is 5.65 Å². The summed E-state index contributed by atoms with van der Waals surface area (Å²) in [6.07, 6.45) is 5.88. The van der Waals surface area contributed by atoms with Crippen LogP contribution in [-0.4, -0.2) is 26.6 Å². The molecule has 2 heterocycles. The van der Waals surface area contributed by atoms with E-state index >= 15 is 0 Å². The molecule has 0 bridgehead atoms. The van der Waals surface area contributed by atoms with Gasteiger partial charge in [-0.3, -0.25) is 4.79 Å². The first-order valence-electron chi connectivity index (χ1n) is 9.49. The molecular weight excluding hydrogens is 314 g/mol. The third-order valence-electron chi connectivity index (χ3n) is 5.45. The average molecular weight is 343 g/mol. The lowest BCUT2D eigenvalue weighted by atomic mass is 9.75. The summed E-state index contributed by atoms with van der Waals surface area (Å²) < 4.78 is 7.90. The van der Waals surface area contributed by atoms with Gasteiger partial charge in [0.1, 0.15) is 18.5 Å². The number of rotatable bonds is 5. The van der Waals surface area contributed by atoms with E-state index in [1.54, 1.807) is 6.20 Å². The SMILES string of the molecule is CCc1nc2ncccc2n1CC(=O)OC1C[C@H](C)CC[C@H]1C(C)C. The van der Waals surface area contributed by atoms with E-state index in [4.69, 9.17) is 4.74 Å². The molecule has 5 nitrogen and oxygen atoms in total. The van der Waals surface area contributed by atoms with E-state index in [1.165, 1.54) is 6.42 Å². The smallest absolute Gasteiger partial charge is 0.326 e. The quantitative estimate of drug-likeness (QED) is 0.770. The molecule has 1 unspecified atom stereocenters. The number of pyridine rings is 1.